The molecule has 6 heteroatoms. The third-order valence-electron chi connectivity index (χ3n) is 5.35. The fourth-order valence-electron chi connectivity index (χ4n) is 3.93. The number of fused-ring (bicyclic) bond motifs is 1. The molecule has 0 bridgehead atoms. The van der Waals surface area contributed by atoms with Crippen molar-refractivity contribution < 1.29 is 9.53 Å². The second kappa shape index (κ2) is 7.50. The minimum atomic E-state index is 0.0950. The molecule has 2 aliphatic rings. The number of nitrogens with zero attached hydrogens (tertiary/aromatic N) is 3. The number of likely N-dealkylation sites (tertiary alicyclic amines) is 1. The zero-order valence-electron chi connectivity index (χ0n) is 15.3. The van der Waals surface area contributed by atoms with E-state index >= 15 is 0 Å². The summed E-state index contributed by atoms with van der Waals surface area (Å²) in [6, 6.07) is 6.40. The molecule has 1 atom stereocenters. The summed E-state index contributed by atoms with van der Waals surface area (Å²) < 4.78 is 7.99. The maximum Gasteiger partial charge on any atom is 0.224 e. The Kier molecular flexibility index (Phi) is 4.93. The van der Waals surface area contributed by atoms with Gasteiger partial charge in [-0.15, -0.1) is 0 Å². The molecule has 6 nitrogen and oxygen atoms in total. The van der Waals surface area contributed by atoms with Crippen molar-refractivity contribution in [3.63, 3.8) is 0 Å². The topological polar surface area (TPSA) is 59.4 Å². The van der Waals surface area contributed by atoms with Crippen molar-refractivity contribution in [3.05, 3.63) is 41.7 Å². The number of ether oxygens (including phenoxy) is 1. The van der Waals surface area contributed by atoms with E-state index in [2.05, 4.69) is 34.5 Å². The van der Waals surface area contributed by atoms with Crippen molar-refractivity contribution in [1.29, 1.82) is 0 Å². The molecule has 1 fully saturated rings. The molecule has 1 amide bonds. The fraction of sp³-hybridized carbons (Fsp3) is 0.500. The molecule has 1 N–H and O–H groups in total. The fourth-order valence-corrected chi connectivity index (χ4v) is 3.93. The first-order valence-electron chi connectivity index (χ1n) is 9.55. The normalized spacial score (nSPS) is 20.0. The number of anilines is 1. The molecule has 2 aromatic rings. The highest BCUT2D eigenvalue weighted by Gasteiger charge is 2.26. The van der Waals surface area contributed by atoms with Crippen LogP contribution in [0.2, 0.25) is 0 Å². The van der Waals surface area contributed by atoms with Crippen molar-refractivity contribution >= 4 is 11.6 Å². The van der Waals surface area contributed by atoms with E-state index in [9.17, 15) is 4.79 Å². The Morgan fingerprint density at radius 2 is 2.27 bits per heavy atom. The lowest BCUT2D eigenvalue weighted by Crippen LogP contribution is -2.28. The van der Waals surface area contributed by atoms with Crippen LogP contribution in [0.4, 0.5) is 5.69 Å². The van der Waals surface area contributed by atoms with Crippen molar-refractivity contribution in [2.75, 3.05) is 25.0 Å². The second-order valence-corrected chi connectivity index (χ2v) is 7.04. The number of aromatic nitrogens is 2. The van der Waals surface area contributed by atoms with Gasteiger partial charge < -0.3 is 10.1 Å². The lowest BCUT2D eigenvalue weighted by atomic mass is 10.0. The van der Waals surface area contributed by atoms with Crippen LogP contribution in [0.15, 0.2) is 30.6 Å². The van der Waals surface area contributed by atoms with E-state index in [4.69, 9.17) is 4.74 Å². The van der Waals surface area contributed by atoms with Crippen LogP contribution in [0.5, 0.6) is 5.75 Å². The average Bonchev–Trinajstić information content (AvgIpc) is 3.30. The number of nitrogens with one attached hydrogen (secondary N) is 1. The van der Waals surface area contributed by atoms with E-state index in [0.717, 1.165) is 43.1 Å². The summed E-state index contributed by atoms with van der Waals surface area (Å²) in [7, 11) is 0. The Morgan fingerprint density at radius 1 is 1.35 bits per heavy atom. The molecule has 4 rings (SSSR count). The summed E-state index contributed by atoms with van der Waals surface area (Å²) in [5.41, 5.74) is 3.39. The number of benzene rings is 1. The number of amides is 1. The van der Waals surface area contributed by atoms with Gasteiger partial charge in [0.2, 0.25) is 5.91 Å². The molecule has 1 aromatic carbocycles. The van der Waals surface area contributed by atoms with Gasteiger partial charge in [-0.25, -0.2) is 0 Å². The van der Waals surface area contributed by atoms with Gasteiger partial charge in [-0.3, -0.25) is 14.4 Å². The number of carbonyl (C=O) groups excluding carboxylic acids is 1. The summed E-state index contributed by atoms with van der Waals surface area (Å²) >= 11 is 0. The number of hydrogen-bond donors (Lipinski definition) is 1. The molecule has 0 aliphatic carbocycles. The molecular weight excluding hydrogens is 328 g/mol. The summed E-state index contributed by atoms with van der Waals surface area (Å²) in [6.45, 7) is 5.72. The molecule has 0 saturated carbocycles. The summed E-state index contributed by atoms with van der Waals surface area (Å²) in [4.78, 5) is 13.9. The van der Waals surface area contributed by atoms with Crippen LogP contribution < -0.4 is 10.1 Å². The van der Waals surface area contributed by atoms with E-state index in [0.29, 0.717) is 19.1 Å². The first-order valence-corrected chi connectivity index (χ1v) is 9.55. The van der Waals surface area contributed by atoms with E-state index in [1.54, 1.807) is 0 Å². The summed E-state index contributed by atoms with van der Waals surface area (Å²) in [6.07, 6.45) is 7.92. The van der Waals surface area contributed by atoms with Crippen LogP contribution in [0.25, 0.3) is 0 Å². The standard InChI is InChI=1S/C20H26N4O2/c1-2-24-14-16(13-21-24)19-4-3-9-23(19)10-11-26-17-6-7-18-15(12-17)5-8-20(25)22-18/h6-7,12-14,19H,2-5,8-11H2,1H3,(H,22,25). The quantitative estimate of drug-likeness (QED) is 0.866. The molecule has 1 aromatic heterocycles. The number of rotatable bonds is 6. The average molecular weight is 354 g/mol. The predicted octanol–water partition coefficient (Wildman–Crippen LogP) is 3.00. The lowest BCUT2D eigenvalue weighted by molar-refractivity contribution is -0.116. The van der Waals surface area contributed by atoms with Gasteiger partial charge in [-0.1, -0.05) is 0 Å². The van der Waals surface area contributed by atoms with Gasteiger partial charge >= 0.3 is 0 Å². The third-order valence-corrected chi connectivity index (χ3v) is 5.35. The Balaban J connectivity index is 1.33. The van der Waals surface area contributed by atoms with Crippen LogP contribution in [-0.4, -0.2) is 40.3 Å². The Bertz CT molecular complexity index is 786. The molecule has 0 radical (unpaired) electrons. The Morgan fingerprint density at radius 3 is 3.12 bits per heavy atom. The number of hydrogen-bond acceptors (Lipinski definition) is 4. The maximum atomic E-state index is 11.4. The monoisotopic (exact) mass is 354 g/mol. The highest BCUT2D eigenvalue weighted by atomic mass is 16.5. The molecule has 138 valence electrons. The van der Waals surface area contributed by atoms with E-state index < -0.39 is 0 Å². The maximum absolute atomic E-state index is 11.4. The van der Waals surface area contributed by atoms with Gasteiger partial charge in [-0.05, 0) is 56.5 Å². The zero-order valence-corrected chi connectivity index (χ0v) is 15.3. The molecule has 26 heavy (non-hydrogen) atoms. The summed E-state index contributed by atoms with van der Waals surface area (Å²) in [5, 5.41) is 7.32. The number of aryl methyl sites for hydroxylation is 2. The Hall–Kier alpha value is -2.34. The molecule has 3 heterocycles. The first kappa shape index (κ1) is 17.1. The lowest BCUT2D eigenvalue weighted by Gasteiger charge is -2.24. The van der Waals surface area contributed by atoms with E-state index in [1.165, 1.54) is 18.4 Å². The van der Waals surface area contributed by atoms with Gasteiger partial charge in [0.15, 0.2) is 0 Å². The largest absolute Gasteiger partial charge is 0.492 e. The third kappa shape index (κ3) is 3.60. The Labute approximate surface area is 154 Å². The molecule has 0 spiro atoms. The highest BCUT2D eigenvalue weighted by Crippen LogP contribution is 2.31. The highest BCUT2D eigenvalue weighted by molar-refractivity contribution is 5.93. The SMILES string of the molecule is CCn1cc(C2CCCN2CCOc2ccc3c(c2)CCC(=O)N3)cn1. The van der Waals surface area contributed by atoms with Crippen LogP contribution >= 0.6 is 0 Å². The van der Waals surface area contributed by atoms with Gasteiger partial charge in [0.05, 0.1) is 6.20 Å². The minimum absolute atomic E-state index is 0.0950. The van der Waals surface area contributed by atoms with E-state index in [1.807, 2.05) is 23.0 Å². The minimum Gasteiger partial charge on any atom is -0.492 e. The van der Waals surface area contributed by atoms with Gasteiger partial charge in [0.1, 0.15) is 12.4 Å². The first-order chi connectivity index (χ1) is 12.7. The van der Waals surface area contributed by atoms with Crippen molar-refractivity contribution in [3.8, 4) is 5.75 Å². The van der Waals surface area contributed by atoms with E-state index in [-0.39, 0.29) is 5.91 Å². The summed E-state index contributed by atoms with van der Waals surface area (Å²) in [5.74, 6) is 0.979. The molecule has 2 aliphatic heterocycles. The number of carbonyl (C=O) groups is 1. The van der Waals surface area contributed by atoms with Crippen LogP contribution in [-0.2, 0) is 17.8 Å². The van der Waals surface area contributed by atoms with Crippen LogP contribution in [0.1, 0.15) is 43.4 Å². The molecular formula is C20H26N4O2. The van der Waals surface area contributed by atoms with Crippen molar-refractivity contribution in [2.45, 2.75) is 45.2 Å². The molecule has 1 unspecified atom stereocenters. The van der Waals surface area contributed by atoms with Gasteiger partial charge in [0.25, 0.3) is 0 Å². The predicted molar refractivity (Wildman–Crippen MR) is 100 cm³/mol. The van der Waals surface area contributed by atoms with Gasteiger partial charge in [0, 0.05) is 43.0 Å². The van der Waals surface area contributed by atoms with Gasteiger partial charge in [-0.2, -0.15) is 5.10 Å². The van der Waals surface area contributed by atoms with Crippen molar-refractivity contribution in [2.24, 2.45) is 0 Å². The smallest absolute Gasteiger partial charge is 0.224 e. The van der Waals surface area contributed by atoms with Crippen molar-refractivity contribution in [1.82, 2.24) is 14.7 Å². The van der Waals surface area contributed by atoms with Crippen LogP contribution in [0.3, 0.4) is 0 Å². The second-order valence-electron chi connectivity index (χ2n) is 7.04. The molecule has 1 saturated heterocycles. The zero-order chi connectivity index (χ0) is 17.9. The van der Waals surface area contributed by atoms with Crippen LogP contribution in [0, 0.1) is 0 Å².